The lowest BCUT2D eigenvalue weighted by molar-refractivity contribution is -0.577. The Morgan fingerprint density at radius 1 is 1.21 bits per heavy atom. The van der Waals surface area contributed by atoms with Crippen LogP contribution < -0.4 is 19.7 Å². The summed E-state index contributed by atoms with van der Waals surface area (Å²) in [4.78, 5) is 0.312. The van der Waals surface area contributed by atoms with Gasteiger partial charge in [-0.15, -0.1) is 0 Å². The van der Waals surface area contributed by atoms with Crippen molar-refractivity contribution in [3.8, 4) is 5.75 Å². The molecule has 126 valence electrons. The number of nitrogens with one attached hydrogen (secondary N) is 1. The number of benzene rings is 1. The Morgan fingerprint density at radius 3 is 2.38 bits per heavy atom. The van der Waals surface area contributed by atoms with Gasteiger partial charge in [0.2, 0.25) is 5.70 Å². The van der Waals surface area contributed by atoms with Crippen LogP contribution in [0.2, 0.25) is 0 Å². The van der Waals surface area contributed by atoms with E-state index in [0.717, 1.165) is 0 Å². The molecular weight excluding hydrogens is 334 g/mol. The minimum Gasteiger partial charge on any atom is -0.867 e. The lowest BCUT2D eigenvalue weighted by Crippen LogP contribution is -2.42. The van der Waals surface area contributed by atoms with Crippen molar-refractivity contribution in [2.24, 2.45) is 0 Å². The molecule has 2 rings (SSSR count). The van der Waals surface area contributed by atoms with Gasteiger partial charge in [0, 0.05) is 18.7 Å². The van der Waals surface area contributed by atoms with Gasteiger partial charge in [-0.1, -0.05) is 30.4 Å². The predicted molar refractivity (Wildman–Crippen MR) is 89.1 cm³/mol. The number of pyridine rings is 1. The normalized spacial score (nSPS) is 11.8. The smallest absolute Gasteiger partial charge is 0.387 e. The lowest BCUT2D eigenvalue weighted by Gasteiger charge is -2.16. The van der Waals surface area contributed by atoms with Crippen molar-refractivity contribution in [2.75, 3.05) is 6.54 Å². The first-order chi connectivity index (χ1) is 11.5. The Labute approximate surface area is 144 Å². The second kappa shape index (κ2) is 8.35. The fraction of sp³-hybridized carbons (Fsp3) is 0.176. The summed E-state index contributed by atoms with van der Waals surface area (Å²) in [5, 5.41) is 15.8. The van der Waals surface area contributed by atoms with Crippen LogP contribution in [0.25, 0.3) is 11.5 Å². The van der Waals surface area contributed by atoms with Crippen molar-refractivity contribution in [3.05, 3.63) is 60.4 Å². The molecule has 0 bridgehead atoms. The maximum absolute atomic E-state index is 12.8. The van der Waals surface area contributed by atoms with Crippen LogP contribution in [0.3, 0.4) is 0 Å². The molecule has 1 aromatic carbocycles. The molecule has 0 unspecified atom stereocenters. The van der Waals surface area contributed by atoms with Gasteiger partial charge in [0.15, 0.2) is 17.4 Å². The quantitative estimate of drug-likeness (QED) is 0.376. The number of hydrogen-bond acceptors (Lipinski definition) is 3. The van der Waals surface area contributed by atoms with Crippen LogP contribution in [0.1, 0.15) is 12.5 Å². The molecule has 0 aliphatic rings. The summed E-state index contributed by atoms with van der Waals surface area (Å²) in [5.41, 5.74) is 0.609. The minimum atomic E-state index is -2.91. The van der Waals surface area contributed by atoms with Gasteiger partial charge in [-0.2, -0.15) is 13.3 Å². The molecular formula is C17H16F2N2O2S. The first kappa shape index (κ1) is 17.8. The molecule has 0 saturated heterocycles. The summed E-state index contributed by atoms with van der Waals surface area (Å²) in [6, 6.07) is 10.9. The van der Waals surface area contributed by atoms with Crippen LogP contribution in [0.4, 0.5) is 8.78 Å². The first-order valence-corrected chi connectivity index (χ1v) is 7.65. The summed E-state index contributed by atoms with van der Waals surface area (Å²) in [5.74, 6) is -0.328. The number of thiocarbonyl (C=S) groups is 1. The van der Waals surface area contributed by atoms with Crippen molar-refractivity contribution in [1.82, 2.24) is 5.32 Å². The molecule has 1 N–H and O–H groups in total. The van der Waals surface area contributed by atoms with Crippen molar-refractivity contribution < 1.29 is 23.2 Å². The second-order valence-corrected chi connectivity index (χ2v) is 5.13. The van der Waals surface area contributed by atoms with Gasteiger partial charge in [0.25, 0.3) is 0 Å². The monoisotopic (exact) mass is 350 g/mol. The van der Waals surface area contributed by atoms with Gasteiger partial charge < -0.3 is 15.2 Å². The molecule has 0 saturated carbocycles. The van der Waals surface area contributed by atoms with Crippen molar-refractivity contribution >= 4 is 28.7 Å². The highest BCUT2D eigenvalue weighted by Crippen LogP contribution is 2.20. The van der Waals surface area contributed by atoms with Crippen LogP contribution in [0, 0.1) is 0 Å². The highest BCUT2D eigenvalue weighted by atomic mass is 32.1. The van der Waals surface area contributed by atoms with Gasteiger partial charge in [-0.3, -0.25) is 0 Å². The average molecular weight is 350 g/mol. The molecule has 0 spiro atoms. The maximum Gasteiger partial charge on any atom is 0.387 e. The Bertz CT molecular complexity index is 719. The maximum atomic E-state index is 12.8. The first-order valence-electron chi connectivity index (χ1n) is 7.24. The highest BCUT2D eigenvalue weighted by Gasteiger charge is 2.17. The number of likely N-dealkylation sites (N-methyl/N-ethyl adjacent to an activating group) is 1. The van der Waals surface area contributed by atoms with E-state index in [4.69, 9.17) is 12.2 Å². The number of hydrogen-bond donors (Lipinski definition) is 1. The number of halogens is 2. The van der Waals surface area contributed by atoms with Gasteiger partial charge in [0.05, 0.1) is 0 Å². The average Bonchev–Trinajstić information content (AvgIpc) is 2.56. The lowest BCUT2D eigenvalue weighted by atomic mass is 10.1. The van der Waals surface area contributed by atoms with Crippen LogP contribution >= 0.6 is 12.2 Å². The zero-order chi connectivity index (χ0) is 17.5. The van der Waals surface area contributed by atoms with Crippen LogP contribution in [-0.2, 0) is 0 Å². The molecule has 4 nitrogen and oxygen atoms in total. The number of aromatic nitrogens is 1. The fourth-order valence-electron chi connectivity index (χ4n) is 2.05. The Morgan fingerprint density at radius 2 is 1.83 bits per heavy atom. The SMILES string of the molecule is CCNC(=S)/C(=C(/[O-])c1ccc(OC(F)F)cc1)[n+]1ccccc1. The third-order valence-electron chi connectivity index (χ3n) is 3.08. The molecule has 0 aliphatic carbocycles. The zero-order valence-electron chi connectivity index (χ0n) is 12.9. The largest absolute Gasteiger partial charge is 0.867 e. The third kappa shape index (κ3) is 4.48. The van der Waals surface area contributed by atoms with Crippen molar-refractivity contribution in [2.45, 2.75) is 13.5 Å². The predicted octanol–water partition coefficient (Wildman–Crippen LogP) is 2.20. The second-order valence-electron chi connectivity index (χ2n) is 4.72. The molecule has 1 aromatic heterocycles. The van der Waals surface area contributed by atoms with E-state index < -0.39 is 6.61 Å². The summed E-state index contributed by atoms with van der Waals surface area (Å²) in [7, 11) is 0. The molecule has 0 atom stereocenters. The van der Waals surface area contributed by atoms with E-state index in [1.165, 1.54) is 24.3 Å². The minimum absolute atomic E-state index is 0.00951. The summed E-state index contributed by atoms with van der Waals surface area (Å²) < 4.78 is 30.3. The van der Waals surface area contributed by atoms with Crippen molar-refractivity contribution in [1.29, 1.82) is 0 Å². The van der Waals surface area contributed by atoms with E-state index in [9.17, 15) is 13.9 Å². The molecule has 24 heavy (non-hydrogen) atoms. The summed E-state index contributed by atoms with van der Waals surface area (Å²) in [6.45, 7) is -0.458. The summed E-state index contributed by atoms with van der Waals surface area (Å²) in [6.07, 6.45) is 3.43. The molecule has 0 radical (unpaired) electrons. The Kier molecular flexibility index (Phi) is 6.20. The Hall–Kier alpha value is -2.54. The van der Waals surface area contributed by atoms with Gasteiger partial charge >= 0.3 is 6.61 Å². The molecule has 0 aliphatic heterocycles. The molecule has 0 fully saturated rings. The van der Waals surface area contributed by atoms with E-state index in [1.807, 2.05) is 13.0 Å². The molecule has 0 amide bonds. The number of alkyl halides is 2. The zero-order valence-corrected chi connectivity index (χ0v) is 13.7. The van der Waals surface area contributed by atoms with E-state index in [2.05, 4.69) is 10.1 Å². The molecule has 7 heteroatoms. The van der Waals surface area contributed by atoms with Crippen molar-refractivity contribution in [3.63, 3.8) is 0 Å². The van der Waals surface area contributed by atoms with E-state index >= 15 is 0 Å². The topological polar surface area (TPSA) is 48.2 Å². The Balaban J connectivity index is 2.43. The third-order valence-corrected chi connectivity index (χ3v) is 3.42. The van der Waals surface area contributed by atoms with Crippen LogP contribution in [0.5, 0.6) is 5.75 Å². The van der Waals surface area contributed by atoms with Crippen LogP contribution in [0.15, 0.2) is 54.9 Å². The molecule has 1 heterocycles. The highest BCUT2D eigenvalue weighted by molar-refractivity contribution is 7.81. The van der Waals surface area contributed by atoms with E-state index in [-0.39, 0.29) is 17.2 Å². The standard InChI is InChI=1S/C17H16F2N2O2S/c1-2-20-16(24)14(21-10-4-3-5-11-21)15(22)12-6-8-13(9-7-12)23-17(18)19/h3-11,17H,2H2,1H3,(H-,20,22,24). The van der Waals surface area contributed by atoms with Gasteiger partial charge in [0.1, 0.15) is 5.75 Å². The summed E-state index contributed by atoms with van der Waals surface area (Å²) >= 11 is 5.30. The molecule has 2 aromatic rings. The number of rotatable bonds is 6. The van der Waals surface area contributed by atoms with E-state index in [0.29, 0.717) is 17.1 Å². The van der Waals surface area contributed by atoms with Gasteiger partial charge in [-0.05, 0) is 30.4 Å². The van der Waals surface area contributed by atoms with E-state index in [1.54, 1.807) is 29.1 Å². The number of ether oxygens (including phenoxy) is 1. The number of nitrogens with zero attached hydrogens (tertiary/aromatic N) is 1. The van der Waals surface area contributed by atoms with Gasteiger partial charge in [-0.25, -0.2) is 0 Å². The van der Waals surface area contributed by atoms with Crippen LogP contribution in [-0.4, -0.2) is 18.1 Å². The fourth-order valence-corrected chi connectivity index (χ4v) is 2.40.